The molecule has 0 radical (unpaired) electrons. The van der Waals surface area contributed by atoms with E-state index in [1.54, 1.807) is 26.2 Å². The Morgan fingerprint density at radius 1 is 1.07 bits per heavy atom. The van der Waals surface area contributed by atoms with Crippen LogP contribution in [0.2, 0.25) is 0 Å². The number of nitrogens with one attached hydrogen (secondary N) is 1. The molecule has 0 spiro atoms. The Bertz CT molecular complexity index is 994. The summed E-state index contributed by atoms with van der Waals surface area (Å²) in [5.74, 6) is 0.461. The molecule has 1 aliphatic rings. The Labute approximate surface area is 175 Å². The molecule has 1 N–H and O–H groups in total. The normalized spacial score (nSPS) is 15.3. The summed E-state index contributed by atoms with van der Waals surface area (Å²) in [6.45, 7) is 1.88. The van der Waals surface area contributed by atoms with Gasteiger partial charge in [-0.15, -0.1) is 0 Å². The van der Waals surface area contributed by atoms with Gasteiger partial charge < -0.3 is 19.3 Å². The highest BCUT2D eigenvalue weighted by molar-refractivity contribution is 7.92. The fourth-order valence-corrected chi connectivity index (χ4v) is 4.36. The SMILES string of the molecule is COc1ccc(S(=O)(=O)Nc2cc(OC(F)F)ccc2C)cc1N1CCN(C)CC1. The Morgan fingerprint density at radius 3 is 2.40 bits per heavy atom. The highest BCUT2D eigenvalue weighted by Crippen LogP contribution is 2.33. The number of rotatable bonds is 7. The van der Waals surface area contributed by atoms with Crippen molar-refractivity contribution in [3.8, 4) is 11.5 Å². The van der Waals surface area contributed by atoms with E-state index < -0.39 is 16.6 Å². The van der Waals surface area contributed by atoms with Crippen molar-refractivity contribution >= 4 is 21.4 Å². The van der Waals surface area contributed by atoms with E-state index >= 15 is 0 Å². The lowest BCUT2D eigenvalue weighted by atomic mass is 10.2. The third-order valence-electron chi connectivity index (χ3n) is 4.98. The lowest BCUT2D eigenvalue weighted by molar-refractivity contribution is -0.0498. The lowest BCUT2D eigenvalue weighted by Gasteiger charge is -2.34. The summed E-state index contributed by atoms with van der Waals surface area (Å²) in [5.41, 5.74) is 1.44. The number of likely N-dealkylation sites (N-methyl/N-ethyl adjacent to an activating group) is 1. The van der Waals surface area contributed by atoms with E-state index in [1.165, 1.54) is 24.3 Å². The number of halogens is 2. The number of hydrogen-bond donors (Lipinski definition) is 1. The highest BCUT2D eigenvalue weighted by Gasteiger charge is 2.22. The molecule has 0 aromatic heterocycles. The maximum Gasteiger partial charge on any atom is 0.387 e. The van der Waals surface area contributed by atoms with Crippen molar-refractivity contribution < 1.29 is 26.7 Å². The smallest absolute Gasteiger partial charge is 0.387 e. The van der Waals surface area contributed by atoms with E-state index in [1.807, 2.05) is 7.05 Å². The molecule has 2 aromatic carbocycles. The standard InChI is InChI=1S/C20H25F2N3O4S/c1-14-4-5-15(29-20(21)22)12-17(14)23-30(26,27)16-6-7-19(28-3)18(13-16)25-10-8-24(2)9-11-25/h4-7,12-13,20,23H,8-11H2,1-3H3. The second kappa shape index (κ2) is 9.05. The molecule has 164 valence electrons. The fourth-order valence-electron chi connectivity index (χ4n) is 3.22. The zero-order valence-electron chi connectivity index (χ0n) is 17.1. The van der Waals surface area contributed by atoms with Crippen LogP contribution in [0.1, 0.15) is 5.56 Å². The summed E-state index contributed by atoms with van der Waals surface area (Å²) in [5, 5.41) is 0. The van der Waals surface area contributed by atoms with E-state index in [-0.39, 0.29) is 16.3 Å². The van der Waals surface area contributed by atoms with Gasteiger partial charge >= 0.3 is 6.61 Å². The Morgan fingerprint density at radius 2 is 1.77 bits per heavy atom. The maximum atomic E-state index is 13.0. The molecule has 0 saturated carbocycles. The van der Waals surface area contributed by atoms with E-state index in [0.29, 0.717) is 17.0 Å². The molecule has 1 saturated heterocycles. The number of nitrogens with zero attached hydrogens (tertiary/aromatic N) is 2. The van der Waals surface area contributed by atoms with Gasteiger partial charge in [0.05, 0.1) is 23.4 Å². The Kier molecular flexibility index (Phi) is 6.67. The first-order valence-electron chi connectivity index (χ1n) is 9.39. The van der Waals surface area contributed by atoms with E-state index in [0.717, 1.165) is 26.2 Å². The van der Waals surface area contributed by atoms with Crippen LogP contribution in [0.5, 0.6) is 11.5 Å². The summed E-state index contributed by atoms with van der Waals surface area (Å²) in [6, 6.07) is 8.75. The first kappa shape index (κ1) is 22.1. The molecular formula is C20H25F2N3O4S. The van der Waals surface area contributed by atoms with Crippen molar-refractivity contribution in [1.29, 1.82) is 0 Å². The van der Waals surface area contributed by atoms with Gasteiger partial charge in [-0.05, 0) is 43.8 Å². The van der Waals surface area contributed by atoms with Crippen molar-refractivity contribution in [3.05, 3.63) is 42.0 Å². The molecule has 1 aliphatic heterocycles. The minimum atomic E-state index is -3.96. The predicted octanol–water partition coefficient (Wildman–Crippen LogP) is 3.16. The van der Waals surface area contributed by atoms with Gasteiger partial charge in [0.1, 0.15) is 11.5 Å². The number of sulfonamides is 1. The summed E-state index contributed by atoms with van der Waals surface area (Å²) >= 11 is 0. The van der Waals surface area contributed by atoms with Crippen LogP contribution in [0.4, 0.5) is 20.2 Å². The highest BCUT2D eigenvalue weighted by atomic mass is 32.2. The number of piperazine rings is 1. The van der Waals surface area contributed by atoms with Crippen LogP contribution in [-0.4, -0.2) is 60.3 Å². The van der Waals surface area contributed by atoms with Gasteiger partial charge in [0, 0.05) is 32.2 Å². The molecule has 0 atom stereocenters. The number of benzene rings is 2. The topological polar surface area (TPSA) is 71.1 Å². The van der Waals surface area contributed by atoms with Crippen LogP contribution < -0.4 is 19.1 Å². The summed E-state index contributed by atoms with van der Waals surface area (Å²) < 4.78 is 63.3. The first-order valence-corrected chi connectivity index (χ1v) is 10.9. The Hall–Kier alpha value is -2.59. The molecule has 2 aromatic rings. The maximum absolute atomic E-state index is 13.0. The minimum Gasteiger partial charge on any atom is -0.495 e. The minimum absolute atomic E-state index is 0.0526. The summed E-state index contributed by atoms with van der Waals surface area (Å²) in [7, 11) is -0.388. The molecule has 10 heteroatoms. The molecule has 30 heavy (non-hydrogen) atoms. The molecule has 1 fully saturated rings. The van der Waals surface area contributed by atoms with E-state index in [4.69, 9.17) is 4.74 Å². The number of ether oxygens (including phenoxy) is 2. The van der Waals surface area contributed by atoms with E-state index in [9.17, 15) is 17.2 Å². The zero-order chi connectivity index (χ0) is 21.9. The van der Waals surface area contributed by atoms with Crippen LogP contribution in [-0.2, 0) is 10.0 Å². The number of hydrogen-bond acceptors (Lipinski definition) is 6. The van der Waals surface area contributed by atoms with Crippen LogP contribution in [0.25, 0.3) is 0 Å². The second-order valence-electron chi connectivity index (χ2n) is 7.08. The van der Waals surface area contributed by atoms with Crippen molar-refractivity contribution in [2.45, 2.75) is 18.4 Å². The summed E-state index contributed by atoms with van der Waals surface area (Å²) in [6.07, 6.45) is 0. The van der Waals surface area contributed by atoms with Gasteiger partial charge in [-0.3, -0.25) is 4.72 Å². The van der Waals surface area contributed by atoms with E-state index in [2.05, 4.69) is 19.3 Å². The first-order chi connectivity index (χ1) is 14.2. The van der Waals surface area contributed by atoms with Crippen molar-refractivity contribution in [1.82, 2.24) is 4.90 Å². The molecule has 0 aliphatic carbocycles. The average molecular weight is 442 g/mol. The van der Waals surface area contributed by atoms with Gasteiger partial charge in [0.25, 0.3) is 10.0 Å². The Balaban J connectivity index is 1.90. The quantitative estimate of drug-likeness (QED) is 0.712. The number of anilines is 2. The molecular weight excluding hydrogens is 416 g/mol. The van der Waals surface area contributed by atoms with Crippen LogP contribution in [0.3, 0.4) is 0 Å². The van der Waals surface area contributed by atoms with Gasteiger partial charge in [0.15, 0.2) is 0 Å². The fraction of sp³-hybridized carbons (Fsp3) is 0.400. The zero-order valence-corrected chi connectivity index (χ0v) is 17.9. The van der Waals surface area contributed by atoms with Crippen molar-refractivity contribution in [2.24, 2.45) is 0 Å². The number of aryl methyl sites for hydroxylation is 1. The van der Waals surface area contributed by atoms with Crippen molar-refractivity contribution in [3.63, 3.8) is 0 Å². The summed E-state index contributed by atoms with van der Waals surface area (Å²) in [4.78, 5) is 4.33. The molecule has 0 bridgehead atoms. The lowest BCUT2D eigenvalue weighted by Crippen LogP contribution is -2.44. The molecule has 0 unspecified atom stereocenters. The van der Waals surface area contributed by atoms with Crippen molar-refractivity contribution in [2.75, 3.05) is 50.0 Å². The van der Waals surface area contributed by atoms with Gasteiger partial charge in [-0.2, -0.15) is 8.78 Å². The number of methoxy groups -OCH3 is 1. The van der Waals surface area contributed by atoms with Crippen LogP contribution >= 0.6 is 0 Å². The predicted molar refractivity (Wildman–Crippen MR) is 111 cm³/mol. The molecule has 3 rings (SSSR count). The molecule has 0 amide bonds. The third-order valence-corrected chi connectivity index (χ3v) is 6.35. The molecule has 1 heterocycles. The number of alkyl halides is 2. The largest absolute Gasteiger partial charge is 0.495 e. The van der Waals surface area contributed by atoms with Gasteiger partial charge in [-0.25, -0.2) is 8.42 Å². The van der Waals surface area contributed by atoms with Gasteiger partial charge in [-0.1, -0.05) is 6.07 Å². The van der Waals surface area contributed by atoms with Crippen LogP contribution in [0, 0.1) is 6.92 Å². The van der Waals surface area contributed by atoms with Crippen LogP contribution in [0.15, 0.2) is 41.3 Å². The second-order valence-corrected chi connectivity index (χ2v) is 8.77. The van der Waals surface area contributed by atoms with Gasteiger partial charge in [0.2, 0.25) is 0 Å². The average Bonchev–Trinajstić information content (AvgIpc) is 2.70. The molecule has 7 nitrogen and oxygen atoms in total. The third kappa shape index (κ3) is 5.11. The monoisotopic (exact) mass is 441 g/mol.